The molecule has 4 rings (SSSR count). The van der Waals surface area contributed by atoms with Gasteiger partial charge in [0.1, 0.15) is 6.54 Å². The lowest BCUT2D eigenvalue weighted by Gasteiger charge is -2.30. The van der Waals surface area contributed by atoms with E-state index in [4.69, 9.17) is 0 Å². The number of nitro groups is 2. The zero-order valence-corrected chi connectivity index (χ0v) is 19.2. The summed E-state index contributed by atoms with van der Waals surface area (Å²) in [6.45, 7) is 1.26. The van der Waals surface area contributed by atoms with E-state index >= 15 is 0 Å². The molecule has 0 aromatic heterocycles. The van der Waals surface area contributed by atoms with E-state index in [9.17, 15) is 39.4 Å². The first-order valence-electron chi connectivity index (χ1n) is 11.3. The van der Waals surface area contributed by atoms with Gasteiger partial charge in [0, 0.05) is 35.4 Å². The predicted molar refractivity (Wildman–Crippen MR) is 123 cm³/mol. The van der Waals surface area contributed by atoms with Crippen LogP contribution in [-0.4, -0.2) is 49.9 Å². The Labute approximate surface area is 204 Å². The molecule has 2 aromatic carbocycles. The molecule has 1 aliphatic heterocycles. The van der Waals surface area contributed by atoms with Gasteiger partial charge in [0.2, 0.25) is 0 Å². The van der Waals surface area contributed by atoms with Crippen molar-refractivity contribution in [1.82, 2.24) is 10.0 Å². The van der Waals surface area contributed by atoms with E-state index in [0.29, 0.717) is 17.9 Å². The molecule has 3 atom stereocenters. The Kier molecular flexibility index (Phi) is 6.60. The van der Waals surface area contributed by atoms with Gasteiger partial charge in [-0.25, -0.2) is 5.01 Å². The Balaban J connectivity index is 1.70. The zero-order valence-electron chi connectivity index (χ0n) is 19.2. The summed E-state index contributed by atoms with van der Waals surface area (Å²) in [5.74, 6) is -3.79. The van der Waals surface area contributed by atoms with Crippen molar-refractivity contribution in [2.75, 3.05) is 6.54 Å². The van der Waals surface area contributed by atoms with Crippen molar-refractivity contribution >= 4 is 34.9 Å². The summed E-state index contributed by atoms with van der Waals surface area (Å²) < 4.78 is 0. The number of ketones is 1. The number of amides is 3. The fourth-order valence-electron chi connectivity index (χ4n) is 4.74. The number of fused-ring (bicyclic) bond motifs is 1. The number of carbonyl (C=O) groups is 4. The average molecular weight is 494 g/mol. The van der Waals surface area contributed by atoms with Crippen LogP contribution in [0.15, 0.2) is 48.5 Å². The molecule has 12 heteroatoms. The van der Waals surface area contributed by atoms with Crippen LogP contribution in [0.3, 0.4) is 0 Å². The highest BCUT2D eigenvalue weighted by Crippen LogP contribution is 2.41. The smallest absolute Gasteiger partial charge is 0.273 e. The number of carbonyl (C=O) groups excluding carboxylic acids is 4. The second-order valence-corrected chi connectivity index (χ2v) is 9.02. The number of nitrogens with zero attached hydrogens (tertiary/aromatic N) is 4. The SMILES string of the molecule is C[C@@H]1CC[C@H]2C(=O)N(N(CC(=O)c3ccc([N+](=O)[O-])cc3)C(=O)c3cccc([N+](=O)[O-])c3)C(=O)[C@@H]2C1. The van der Waals surface area contributed by atoms with E-state index in [0.717, 1.165) is 29.6 Å². The molecule has 0 radical (unpaired) electrons. The maximum Gasteiger partial charge on any atom is 0.273 e. The molecule has 3 amide bonds. The molecular formula is C24H22N4O8. The number of hydrazine groups is 1. The van der Waals surface area contributed by atoms with Gasteiger partial charge in [-0.2, -0.15) is 5.01 Å². The van der Waals surface area contributed by atoms with Crippen molar-refractivity contribution in [1.29, 1.82) is 0 Å². The molecule has 0 bridgehead atoms. The minimum atomic E-state index is -0.928. The Morgan fingerprint density at radius 1 is 0.917 bits per heavy atom. The van der Waals surface area contributed by atoms with Crippen LogP contribution in [0.4, 0.5) is 11.4 Å². The second kappa shape index (κ2) is 9.64. The third-order valence-corrected chi connectivity index (χ3v) is 6.64. The van der Waals surface area contributed by atoms with Gasteiger partial charge in [0.25, 0.3) is 29.1 Å². The molecule has 0 N–H and O–H groups in total. The molecule has 36 heavy (non-hydrogen) atoms. The first-order valence-corrected chi connectivity index (χ1v) is 11.3. The van der Waals surface area contributed by atoms with Crippen LogP contribution in [0.5, 0.6) is 0 Å². The second-order valence-electron chi connectivity index (χ2n) is 9.02. The van der Waals surface area contributed by atoms with Gasteiger partial charge in [-0.1, -0.05) is 13.0 Å². The van der Waals surface area contributed by atoms with Gasteiger partial charge < -0.3 is 0 Å². The lowest BCUT2D eigenvalue weighted by atomic mass is 9.76. The third kappa shape index (κ3) is 4.57. The highest BCUT2D eigenvalue weighted by Gasteiger charge is 2.52. The van der Waals surface area contributed by atoms with Crippen LogP contribution >= 0.6 is 0 Å². The van der Waals surface area contributed by atoms with Crippen LogP contribution in [0.1, 0.15) is 46.9 Å². The monoisotopic (exact) mass is 494 g/mol. The molecular weight excluding hydrogens is 472 g/mol. The summed E-state index contributed by atoms with van der Waals surface area (Å²) in [5, 5.41) is 23.6. The van der Waals surface area contributed by atoms with E-state index in [2.05, 4.69) is 0 Å². The Morgan fingerprint density at radius 3 is 2.19 bits per heavy atom. The van der Waals surface area contributed by atoms with Gasteiger partial charge in [-0.05, 0) is 43.4 Å². The summed E-state index contributed by atoms with van der Waals surface area (Å²) in [4.78, 5) is 73.9. The fraction of sp³-hybridized carbons (Fsp3) is 0.333. The number of nitro benzene ring substituents is 2. The van der Waals surface area contributed by atoms with Crippen LogP contribution in [0, 0.1) is 38.0 Å². The van der Waals surface area contributed by atoms with Crippen molar-refractivity contribution in [2.45, 2.75) is 26.2 Å². The molecule has 1 saturated heterocycles. The predicted octanol–water partition coefficient (Wildman–Crippen LogP) is 3.16. The number of rotatable bonds is 7. The minimum Gasteiger partial charge on any atom is -0.292 e. The van der Waals surface area contributed by atoms with E-state index < -0.39 is 51.7 Å². The number of hydrogen-bond acceptors (Lipinski definition) is 8. The van der Waals surface area contributed by atoms with Crippen molar-refractivity contribution in [3.05, 3.63) is 79.9 Å². The lowest BCUT2D eigenvalue weighted by Crippen LogP contribution is -2.52. The van der Waals surface area contributed by atoms with Crippen LogP contribution in [0.2, 0.25) is 0 Å². The van der Waals surface area contributed by atoms with Crippen molar-refractivity contribution < 1.29 is 29.0 Å². The fourth-order valence-corrected chi connectivity index (χ4v) is 4.74. The highest BCUT2D eigenvalue weighted by molar-refractivity contribution is 6.09. The van der Waals surface area contributed by atoms with Gasteiger partial charge in [-0.15, -0.1) is 0 Å². The molecule has 1 aliphatic carbocycles. The first-order chi connectivity index (χ1) is 17.1. The van der Waals surface area contributed by atoms with Crippen molar-refractivity contribution in [2.24, 2.45) is 17.8 Å². The van der Waals surface area contributed by atoms with E-state index in [1.165, 1.54) is 30.3 Å². The van der Waals surface area contributed by atoms with Crippen LogP contribution < -0.4 is 0 Å². The number of imide groups is 1. The highest BCUT2D eigenvalue weighted by atomic mass is 16.6. The van der Waals surface area contributed by atoms with Crippen molar-refractivity contribution in [3.63, 3.8) is 0 Å². The zero-order chi connectivity index (χ0) is 26.1. The molecule has 0 spiro atoms. The van der Waals surface area contributed by atoms with Crippen LogP contribution in [-0.2, 0) is 9.59 Å². The summed E-state index contributed by atoms with van der Waals surface area (Å²) in [6, 6.07) is 9.45. The summed E-state index contributed by atoms with van der Waals surface area (Å²) >= 11 is 0. The molecule has 2 aliphatic rings. The van der Waals surface area contributed by atoms with E-state index in [1.54, 1.807) is 0 Å². The Morgan fingerprint density at radius 2 is 1.56 bits per heavy atom. The first kappa shape index (κ1) is 24.6. The molecule has 0 unspecified atom stereocenters. The lowest BCUT2D eigenvalue weighted by molar-refractivity contribution is -0.385. The number of hydrogen-bond donors (Lipinski definition) is 0. The van der Waals surface area contributed by atoms with Gasteiger partial charge in [-0.3, -0.25) is 39.4 Å². The molecule has 2 aromatic rings. The molecule has 12 nitrogen and oxygen atoms in total. The van der Waals surface area contributed by atoms with Gasteiger partial charge >= 0.3 is 0 Å². The van der Waals surface area contributed by atoms with Crippen LogP contribution in [0.25, 0.3) is 0 Å². The molecule has 2 fully saturated rings. The Bertz CT molecular complexity index is 1280. The Hall–Kier alpha value is -4.48. The maximum absolute atomic E-state index is 13.5. The number of Topliss-reactive ketones (excluding diaryl/α,β-unsaturated/α-hetero) is 1. The number of non-ortho nitro benzene ring substituents is 2. The quantitative estimate of drug-likeness (QED) is 0.245. The van der Waals surface area contributed by atoms with E-state index in [1.807, 2.05) is 6.92 Å². The molecule has 1 heterocycles. The molecule has 186 valence electrons. The van der Waals surface area contributed by atoms with E-state index in [-0.39, 0.29) is 28.4 Å². The maximum atomic E-state index is 13.5. The summed E-state index contributed by atoms with van der Waals surface area (Å²) in [5.41, 5.74) is -0.754. The van der Waals surface area contributed by atoms with Crippen molar-refractivity contribution in [3.8, 4) is 0 Å². The summed E-state index contributed by atoms with van der Waals surface area (Å²) in [6.07, 6.45) is 1.69. The van der Waals surface area contributed by atoms with Gasteiger partial charge in [0.15, 0.2) is 5.78 Å². The molecule has 1 saturated carbocycles. The summed E-state index contributed by atoms with van der Waals surface area (Å²) in [7, 11) is 0. The number of benzene rings is 2. The average Bonchev–Trinajstić information content (AvgIpc) is 3.11. The largest absolute Gasteiger partial charge is 0.292 e. The minimum absolute atomic E-state index is 0.0302. The topological polar surface area (TPSA) is 161 Å². The normalized spacial score (nSPS) is 21.1. The standard InChI is InChI=1S/C24H22N4O8/c1-14-5-10-19-20(11-14)24(32)26(23(19)31)25(22(30)16-3-2-4-18(12-16)28(35)36)13-21(29)15-6-8-17(9-7-15)27(33)34/h2-4,6-9,12,14,19-20H,5,10-11,13H2,1H3/t14-,19-,20-/m1/s1. The third-order valence-electron chi connectivity index (χ3n) is 6.64. The van der Waals surface area contributed by atoms with Gasteiger partial charge in [0.05, 0.1) is 21.7 Å².